The largest absolute Gasteiger partial charge is 0.503 e. The molecule has 2 aromatic carbocycles. The van der Waals surface area contributed by atoms with E-state index in [0.717, 1.165) is 24.2 Å². The van der Waals surface area contributed by atoms with Gasteiger partial charge in [-0.1, -0.05) is 43.3 Å². The van der Waals surface area contributed by atoms with Crippen LogP contribution in [0.2, 0.25) is 0 Å². The average molecular weight is 508 g/mol. The number of rotatable bonds is 6. The van der Waals surface area contributed by atoms with Crippen molar-refractivity contribution in [1.29, 1.82) is 0 Å². The molecule has 3 heterocycles. The summed E-state index contributed by atoms with van der Waals surface area (Å²) in [6, 6.07) is 13.0. The zero-order chi connectivity index (χ0) is 26.3. The number of carbonyl (C=O) groups excluding carboxylic acids is 2. The monoisotopic (exact) mass is 507 g/mol. The zero-order valence-corrected chi connectivity index (χ0v) is 20.4. The molecule has 1 saturated heterocycles. The molecule has 9 heteroatoms. The van der Waals surface area contributed by atoms with Crippen molar-refractivity contribution in [3.63, 3.8) is 0 Å². The first kappa shape index (κ1) is 24.8. The molecule has 0 radical (unpaired) electrons. The number of aryl methyl sites for hydroxylation is 1. The Morgan fingerprint density at radius 1 is 1.05 bits per heavy atom. The third-order valence-electron chi connectivity index (χ3n) is 7.08. The Morgan fingerprint density at radius 3 is 2.54 bits per heavy atom. The normalized spacial score (nSPS) is 19.4. The number of fused-ring (bicyclic) bond motifs is 2. The minimum Gasteiger partial charge on any atom is -0.503 e. The molecule has 0 saturated carbocycles. The summed E-state index contributed by atoms with van der Waals surface area (Å²) in [6.45, 7) is 4.21. The van der Waals surface area contributed by atoms with Crippen LogP contribution < -0.4 is 5.43 Å². The fourth-order valence-corrected chi connectivity index (χ4v) is 5.29. The van der Waals surface area contributed by atoms with Crippen molar-refractivity contribution < 1.29 is 23.5 Å². The number of carbonyl (C=O) groups is 2. The van der Waals surface area contributed by atoms with Gasteiger partial charge in [-0.25, -0.2) is 8.78 Å². The Bertz CT molecular complexity index is 1420. The predicted octanol–water partition coefficient (Wildman–Crippen LogP) is 3.58. The summed E-state index contributed by atoms with van der Waals surface area (Å²) in [5.41, 5.74) is -0.0639. The molecule has 1 amide bonds. The molecular formula is C28H27F2N3O4. The van der Waals surface area contributed by atoms with E-state index < -0.39 is 34.5 Å². The standard InChI is InChI=1S/C28H27F2N3O4/c1-17-12-31(14-18-5-3-2-4-6-18)24-16-32-15-21(26(35)27(36)25(32)28(37)33(24)13-17)23(34)10-8-19-7-9-20(29)11-22(19)30/h2-7,9,11,15,17,24,36H,8,10,12-14,16H2,1H3/t17-,24?/m0/s1. The molecule has 192 valence electrons. The van der Waals surface area contributed by atoms with Crippen molar-refractivity contribution >= 4 is 11.7 Å². The van der Waals surface area contributed by atoms with E-state index in [1.54, 1.807) is 4.90 Å². The molecular weight excluding hydrogens is 480 g/mol. The summed E-state index contributed by atoms with van der Waals surface area (Å²) in [4.78, 5) is 43.2. The number of benzene rings is 2. The third-order valence-corrected chi connectivity index (χ3v) is 7.08. The van der Waals surface area contributed by atoms with Crippen molar-refractivity contribution in [3.05, 3.63) is 99.0 Å². The highest BCUT2D eigenvalue weighted by Crippen LogP contribution is 2.30. The maximum absolute atomic E-state index is 14.0. The van der Waals surface area contributed by atoms with Gasteiger partial charge in [0.05, 0.1) is 12.1 Å². The number of nitrogens with zero attached hydrogens (tertiary/aromatic N) is 3. The summed E-state index contributed by atoms with van der Waals surface area (Å²) in [7, 11) is 0. The lowest BCUT2D eigenvalue weighted by atomic mass is 9.99. The molecule has 3 aromatic rings. The van der Waals surface area contributed by atoms with Crippen LogP contribution in [0, 0.1) is 17.6 Å². The summed E-state index contributed by atoms with van der Waals surface area (Å²) in [5, 5.41) is 10.7. The van der Waals surface area contributed by atoms with Crippen molar-refractivity contribution in [1.82, 2.24) is 14.4 Å². The first-order chi connectivity index (χ1) is 17.7. The maximum atomic E-state index is 14.0. The number of halogens is 2. The van der Waals surface area contributed by atoms with Crippen molar-refractivity contribution in [3.8, 4) is 5.75 Å². The number of aromatic hydroxyl groups is 1. The van der Waals surface area contributed by atoms with E-state index in [-0.39, 0.29) is 48.3 Å². The van der Waals surface area contributed by atoms with E-state index in [0.29, 0.717) is 13.1 Å². The fourth-order valence-electron chi connectivity index (χ4n) is 5.29. The van der Waals surface area contributed by atoms with Gasteiger partial charge in [0, 0.05) is 38.3 Å². The minimum atomic E-state index is -0.922. The van der Waals surface area contributed by atoms with Crippen LogP contribution in [-0.4, -0.2) is 50.4 Å². The molecule has 1 aromatic heterocycles. The van der Waals surface area contributed by atoms with Gasteiger partial charge in [-0.2, -0.15) is 0 Å². The summed E-state index contributed by atoms with van der Waals surface area (Å²) in [6.07, 6.45) is 0.770. The first-order valence-corrected chi connectivity index (χ1v) is 12.3. The Morgan fingerprint density at radius 2 is 1.81 bits per heavy atom. The molecule has 1 fully saturated rings. The molecule has 0 bridgehead atoms. The first-order valence-electron chi connectivity index (χ1n) is 12.3. The van der Waals surface area contributed by atoms with Gasteiger partial charge in [0.25, 0.3) is 5.91 Å². The van der Waals surface area contributed by atoms with Gasteiger partial charge in [-0.05, 0) is 29.5 Å². The second kappa shape index (κ2) is 9.89. The number of aromatic nitrogens is 1. The lowest BCUT2D eigenvalue weighted by Crippen LogP contribution is -2.62. The van der Waals surface area contributed by atoms with Crippen molar-refractivity contribution in [2.24, 2.45) is 5.92 Å². The number of hydrogen-bond donors (Lipinski definition) is 1. The van der Waals surface area contributed by atoms with Gasteiger partial charge >= 0.3 is 0 Å². The smallest absolute Gasteiger partial charge is 0.275 e. The van der Waals surface area contributed by atoms with Crippen LogP contribution in [0.25, 0.3) is 0 Å². The second-order valence-corrected chi connectivity index (χ2v) is 9.84. The average Bonchev–Trinajstić information content (AvgIpc) is 2.86. The van der Waals surface area contributed by atoms with Crippen LogP contribution in [0.5, 0.6) is 5.75 Å². The molecule has 37 heavy (non-hydrogen) atoms. The number of amides is 1. The van der Waals surface area contributed by atoms with E-state index in [2.05, 4.69) is 11.8 Å². The highest BCUT2D eigenvalue weighted by atomic mass is 19.1. The van der Waals surface area contributed by atoms with Gasteiger partial charge in [-0.3, -0.25) is 19.3 Å². The van der Waals surface area contributed by atoms with Crippen molar-refractivity contribution in [2.75, 3.05) is 13.1 Å². The van der Waals surface area contributed by atoms with Gasteiger partial charge in [0.1, 0.15) is 17.8 Å². The molecule has 2 aliphatic rings. The second-order valence-electron chi connectivity index (χ2n) is 9.84. The fraction of sp³-hybridized carbons (Fsp3) is 0.321. The van der Waals surface area contributed by atoms with E-state index >= 15 is 0 Å². The SMILES string of the molecule is C[C@H]1CN(Cc2ccccc2)C2Cn3cc(C(=O)CCc4ccc(F)cc4F)c(=O)c(O)c3C(=O)N2C1. The van der Waals surface area contributed by atoms with Crippen molar-refractivity contribution in [2.45, 2.75) is 39.0 Å². The molecule has 2 atom stereocenters. The number of ketones is 1. The van der Waals surface area contributed by atoms with E-state index in [1.165, 1.54) is 16.8 Å². The van der Waals surface area contributed by atoms with E-state index in [4.69, 9.17) is 0 Å². The van der Waals surface area contributed by atoms with Crippen LogP contribution in [0.3, 0.4) is 0 Å². The van der Waals surface area contributed by atoms with E-state index in [1.807, 2.05) is 30.3 Å². The van der Waals surface area contributed by atoms with Gasteiger partial charge < -0.3 is 14.6 Å². The van der Waals surface area contributed by atoms with Gasteiger partial charge in [0.15, 0.2) is 17.2 Å². The van der Waals surface area contributed by atoms with Gasteiger partial charge in [0.2, 0.25) is 5.43 Å². The highest BCUT2D eigenvalue weighted by molar-refractivity contribution is 6.00. The summed E-state index contributed by atoms with van der Waals surface area (Å²) < 4.78 is 28.7. The Hall–Kier alpha value is -3.85. The Balaban J connectivity index is 1.43. The quantitative estimate of drug-likeness (QED) is 0.516. The maximum Gasteiger partial charge on any atom is 0.275 e. The van der Waals surface area contributed by atoms with Crippen LogP contribution in [0.15, 0.2) is 59.5 Å². The Labute approximate surface area is 212 Å². The van der Waals surface area contributed by atoms with Crippen LogP contribution in [0.1, 0.15) is 45.3 Å². The summed E-state index contributed by atoms with van der Waals surface area (Å²) >= 11 is 0. The Kier molecular flexibility index (Phi) is 6.64. The minimum absolute atomic E-state index is 0.0367. The number of hydrogen-bond acceptors (Lipinski definition) is 5. The van der Waals surface area contributed by atoms with Crippen LogP contribution in [0.4, 0.5) is 8.78 Å². The molecule has 0 spiro atoms. The molecule has 5 rings (SSSR count). The molecule has 1 N–H and O–H groups in total. The highest BCUT2D eigenvalue weighted by Gasteiger charge is 2.42. The van der Waals surface area contributed by atoms with Crippen LogP contribution in [-0.2, 0) is 19.5 Å². The third kappa shape index (κ3) is 4.79. The molecule has 7 nitrogen and oxygen atoms in total. The number of Topliss-reactive ketones (excluding diaryl/α,β-unsaturated/α-hetero) is 1. The predicted molar refractivity (Wildman–Crippen MR) is 132 cm³/mol. The lowest BCUT2D eigenvalue weighted by Gasteiger charge is -2.49. The zero-order valence-electron chi connectivity index (χ0n) is 20.4. The number of pyridine rings is 1. The van der Waals surface area contributed by atoms with Crippen LogP contribution >= 0.6 is 0 Å². The molecule has 1 unspecified atom stereocenters. The molecule has 0 aliphatic carbocycles. The lowest BCUT2D eigenvalue weighted by molar-refractivity contribution is -0.0314. The summed E-state index contributed by atoms with van der Waals surface area (Å²) in [5.74, 6) is -3.10. The topological polar surface area (TPSA) is 82.9 Å². The van der Waals surface area contributed by atoms with E-state index in [9.17, 15) is 28.3 Å². The van der Waals surface area contributed by atoms with Gasteiger partial charge in [-0.15, -0.1) is 0 Å². The molecule has 2 aliphatic heterocycles.